The molecular weight excluding hydrogens is 324 g/mol. The number of aryl methyl sites for hydroxylation is 2. The molecule has 0 bridgehead atoms. The Kier molecular flexibility index (Phi) is 3.89. The first-order chi connectivity index (χ1) is 10.5. The van der Waals surface area contributed by atoms with Crippen LogP contribution in [0.15, 0.2) is 36.4 Å². The topological polar surface area (TPSA) is 30.7 Å². The van der Waals surface area contributed by atoms with Crippen LogP contribution >= 0.6 is 23.2 Å². The van der Waals surface area contributed by atoms with Gasteiger partial charge in [-0.2, -0.15) is 5.10 Å². The average molecular weight is 336 g/mol. The van der Waals surface area contributed by atoms with E-state index in [0.29, 0.717) is 10.8 Å². The largest absolute Gasteiger partial charge is 0.248 e. The second kappa shape index (κ2) is 5.71. The number of hydrogen-bond acceptors (Lipinski definition) is 2. The molecule has 2 aromatic carbocycles. The highest BCUT2D eigenvalue weighted by Crippen LogP contribution is 2.30. The lowest BCUT2D eigenvalue weighted by Gasteiger charge is -2.02. The van der Waals surface area contributed by atoms with Crippen molar-refractivity contribution in [3.63, 3.8) is 0 Å². The van der Waals surface area contributed by atoms with Gasteiger partial charge in [0.05, 0.1) is 10.6 Å². The number of rotatable bonds is 2. The van der Waals surface area contributed by atoms with Gasteiger partial charge in [0.1, 0.15) is 5.82 Å². The first-order valence-corrected chi connectivity index (χ1v) is 7.35. The van der Waals surface area contributed by atoms with Crippen molar-refractivity contribution in [1.29, 1.82) is 0 Å². The number of aromatic nitrogens is 3. The summed E-state index contributed by atoms with van der Waals surface area (Å²) < 4.78 is 15.6. The highest BCUT2D eigenvalue weighted by Gasteiger charge is 2.17. The van der Waals surface area contributed by atoms with Crippen molar-refractivity contribution in [2.75, 3.05) is 0 Å². The number of halogens is 3. The van der Waals surface area contributed by atoms with Gasteiger partial charge in [0, 0.05) is 17.6 Å². The molecular formula is C16H12Cl2FN3. The van der Waals surface area contributed by atoms with Crippen molar-refractivity contribution in [2.45, 2.75) is 6.92 Å². The molecule has 3 aromatic rings. The Morgan fingerprint density at radius 3 is 2.55 bits per heavy atom. The van der Waals surface area contributed by atoms with Crippen molar-refractivity contribution in [1.82, 2.24) is 14.8 Å². The Morgan fingerprint density at radius 1 is 1.09 bits per heavy atom. The zero-order chi connectivity index (χ0) is 15.9. The van der Waals surface area contributed by atoms with Gasteiger partial charge >= 0.3 is 0 Å². The number of benzene rings is 2. The maximum Gasteiger partial charge on any atom is 0.186 e. The second-order valence-corrected chi connectivity index (χ2v) is 5.76. The van der Waals surface area contributed by atoms with Gasteiger partial charge in [0.25, 0.3) is 0 Å². The summed E-state index contributed by atoms with van der Waals surface area (Å²) in [5.41, 5.74) is 1.98. The molecule has 0 spiro atoms. The first-order valence-electron chi connectivity index (χ1n) is 6.59. The SMILES string of the molecule is Cc1ccc(-c2nc(-c3c(F)cccc3Cl)nn2C)cc1Cl. The standard InChI is InChI=1S/C16H12Cl2FN3/c1-9-6-7-10(8-12(9)18)16-20-15(21-22(16)2)14-11(17)4-3-5-13(14)19/h3-8H,1-2H3. The van der Waals surface area contributed by atoms with E-state index >= 15 is 0 Å². The number of nitrogens with zero attached hydrogens (tertiary/aromatic N) is 3. The normalized spacial score (nSPS) is 11.0. The summed E-state index contributed by atoms with van der Waals surface area (Å²) in [4.78, 5) is 4.41. The van der Waals surface area contributed by atoms with Gasteiger partial charge in [0.15, 0.2) is 11.6 Å². The molecule has 0 amide bonds. The van der Waals surface area contributed by atoms with E-state index in [1.165, 1.54) is 6.07 Å². The van der Waals surface area contributed by atoms with Crippen LogP contribution < -0.4 is 0 Å². The Morgan fingerprint density at radius 2 is 1.86 bits per heavy atom. The van der Waals surface area contributed by atoms with E-state index < -0.39 is 5.82 Å². The summed E-state index contributed by atoms with van der Waals surface area (Å²) in [6.07, 6.45) is 0. The maximum absolute atomic E-state index is 14.0. The minimum absolute atomic E-state index is 0.198. The minimum atomic E-state index is -0.452. The van der Waals surface area contributed by atoms with E-state index in [-0.39, 0.29) is 16.4 Å². The van der Waals surface area contributed by atoms with Gasteiger partial charge in [-0.3, -0.25) is 0 Å². The highest BCUT2D eigenvalue weighted by atomic mass is 35.5. The zero-order valence-electron chi connectivity index (χ0n) is 11.9. The van der Waals surface area contributed by atoms with Crippen LogP contribution in [0.3, 0.4) is 0 Å². The second-order valence-electron chi connectivity index (χ2n) is 4.94. The smallest absolute Gasteiger partial charge is 0.186 e. The Labute approximate surface area is 137 Å². The third kappa shape index (κ3) is 2.60. The predicted molar refractivity (Wildman–Crippen MR) is 86.6 cm³/mol. The van der Waals surface area contributed by atoms with Crippen LogP contribution in [-0.4, -0.2) is 14.8 Å². The van der Waals surface area contributed by atoms with Crippen molar-refractivity contribution in [2.24, 2.45) is 7.05 Å². The summed E-state index contributed by atoms with van der Waals surface area (Å²) in [7, 11) is 1.74. The molecule has 0 saturated heterocycles. The molecule has 22 heavy (non-hydrogen) atoms. The van der Waals surface area contributed by atoms with Crippen LogP contribution in [0.2, 0.25) is 10.0 Å². The van der Waals surface area contributed by atoms with Gasteiger partial charge < -0.3 is 0 Å². The van der Waals surface area contributed by atoms with Gasteiger partial charge in [-0.05, 0) is 30.7 Å². The minimum Gasteiger partial charge on any atom is -0.248 e. The van der Waals surface area contributed by atoms with E-state index in [1.54, 1.807) is 23.9 Å². The molecule has 0 fully saturated rings. The van der Waals surface area contributed by atoms with Crippen molar-refractivity contribution in [3.8, 4) is 22.8 Å². The highest BCUT2D eigenvalue weighted by molar-refractivity contribution is 6.33. The lowest BCUT2D eigenvalue weighted by atomic mass is 10.1. The first kappa shape index (κ1) is 15.0. The van der Waals surface area contributed by atoms with Crippen LogP contribution in [-0.2, 0) is 7.05 Å². The summed E-state index contributed by atoms with van der Waals surface area (Å²) in [6, 6.07) is 10.1. The fourth-order valence-electron chi connectivity index (χ4n) is 2.19. The van der Waals surface area contributed by atoms with Crippen LogP contribution in [0.4, 0.5) is 4.39 Å². The summed E-state index contributed by atoms with van der Waals surface area (Å²) in [5, 5.41) is 5.19. The third-order valence-electron chi connectivity index (χ3n) is 3.38. The molecule has 3 rings (SSSR count). The fourth-order valence-corrected chi connectivity index (χ4v) is 2.61. The summed E-state index contributed by atoms with van der Waals surface area (Å²) in [5.74, 6) is 0.389. The summed E-state index contributed by atoms with van der Waals surface area (Å²) >= 11 is 12.2. The van der Waals surface area contributed by atoms with Crippen LogP contribution in [0.25, 0.3) is 22.8 Å². The van der Waals surface area contributed by atoms with E-state index in [9.17, 15) is 4.39 Å². The van der Waals surface area contributed by atoms with E-state index in [4.69, 9.17) is 23.2 Å². The summed E-state index contributed by atoms with van der Waals surface area (Å²) in [6.45, 7) is 1.92. The predicted octanol–water partition coefficient (Wildman–Crippen LogP) is 4.90. The van der Waals surface area contributed by atoms with E-state index in [0.717, 1.165) is 11.1 Å². The Balaban J connectivity index is 2.13. The monoisotopic (exact) mass is 335 g/mol. The van der Waals surface area contributed by atoms with Gasteiger partial charge in [-0.15, -0.1) is 0 Å². The third-order valence-corrected chi connectivity index (χ3v) is 4.10. The quantitative estimate of drug-likeness (QED) is 0.666. The van der Waals surface area contributed by atoms with Crippen LogP contribution in [0, 0.1) is 12.7 Å². The van der Waals surface area contributed by atoms with Gasteiger partial charge in [0.2, 0.25) is 0 Å². The molecule has 112 valence electrons. The molecule has 0 N–H and O–H groups in total. The maximum atomic E-state index is 14.0. The molecule has 1 aromatic heterocycles. The lowest BCUT2D eigenvalue weighted by molar-refractivity contribution is 0.629. The molecule has 0 radical (unpaired) electrons. The van der Waals surface area contributed by atoms with Crippen LogP contribution in [0.1, 0.15) is 5.56 Å². The molecule has 0 aliphatic heterocycles. The molecule has 0 aliphatic rings. The molecule has 0 aliphatic carbocycles. The molecule has 6 heteroatoms. The fraction of sp³-hybridized carbons (Fsp3) is 0.125. The van der Waals surface area contributed by atoms with Crippen molar-refractivity contribution in [3.05, 3.63) is 57.8 Å². The Hall–Kier alpha value is -1.91. The molecule has 0 unspecified atom stereocenters. The Bertz CT molecular complexity index is 838. The van der Waals surface area contributed by atoms with Gasteiger partial charge in [-0.25, -0.2) is 14.1 Å². The van der Waals surface area contributed by atoms with E-state index in [2.05, 4.69) is 10.1 Å². The number of hydrogen-bond donors (Lipinski definition) is 0. The van der Waals surface area contributed by atoms with Gasteiger partial charge in [-0.1, -0.05) is 41.4 Å². The lowest BCUT2D eigenvalue weighted by Crippen LogP contribution is -1.95. The van der Waals surface area contributed by atoms with Crippen molar-refractivity contribution >= 4 is 23.2 Å². The molecule has 0 saturated carbocycles. The zero-order valence-corrected chi connectivity index (χ0v) is 13.5. The molecule has 1 heterocycles. The van der Waals surface area contributed by atoms with E-state index in [1.807, 2.05) is 25.1 Å². The van der Waals surface area contributed by atoms with Crippen molar-refractivity contribution < 1.29 is 4.39 Å². The molecule has 0 atom stereocenters. The average Bonchev–Trinajstić information content (AvgIpc) is 2.83. The molecule has 3 nitrogen and oxygen atoms in total. The van der Waals surface area contributed by atoms with Crippen LogP contribution in [0.5, 0.6) is 0 Å².